The van der Waals surface area contributed by atoms with Crippen LogP contribution in [0, 0.1) is 18.8 Å². The third kappa shape index (κ3) is 3.65. The van der Waals surface area contributed by atoms with E-state index in [1.807, 2.05) is 24.8 Å². The Kier molecular flexibility index (Phi) is 5.04. The lowest BCUT2D eigenvalue weighted by molar-refractivity contribution is -0.0439. The van der Waals surface area contributed by atoms with Crippen LogP contribution in [0.1, 0.15) is 39.9 Å². The van der Waals surface area contributed by atoms with Crippen LogP contribution in [0.4, 0.5) is 0 Å². The largest absolute Gasteiger partial charge is 0.384 e. The first-order chi connectivity index (χ1) is 9.99. The lowest BCUT2D eigenvalue weighted by atomic mass is 9.94. The highest BCUT2D eigenvalue weighted by molar-refractivity contribution is 7.14. The van der Waals surface area contributed by atoms with Gasteiger partial charge in [-0.15, -0.1) is 11.3 Å². The standard InChI is InChI=1S/C16H21NO3S/c1-12-10-14(21-13(12)6-4-9-18)15(19)17-8-5-7-16(2,11-17)20-3/h10,18H,5,7-9,11H2,1-3H3. The summed E-state index contributed by atoms with van der Waals surface area (Å²) < 4.78 is 5.54. The van der Waals surface area contributed by atoms with Crippen molar-refractivity contribution in [1.29, 1.82) is 0 Å². The number of carbonyl (C=O) groups excluding carboxylic acids is 1. The van der Waals surface area contributed by atoms with E-state index >= 15 is 0 Å². The molecule has 0 spiro atoms. The van der Waals surface area contributed by atoms with Gasteiger partial charge < -0.3 is 14.7 Å². The average molecular weight is 307 g/mol. The molecule has 21 heavy (non-hydrogen) atoms. The van der Waals surface area contributed by atoms with Gasteiger partial charge in [0.25, 0.3) is 5.91 Å². The molecule has 5 heteroatoms. The number of aryl methyl sites for hydroxylation is 1. The van der Waals surface area contributed by atoms with Gasteiger partial charge >= 0.3 is 0 Å². The normalized spacial score (nSPS) is 21.8. The number of rotatable bonds is 2. The van der Waals surface area contributed by atoms with Crippen molar-refractivity contribution in [2.24, 2.45) is 0 Å². The van der Waals surface area contributed by atoms with Gasteiger partial charge in [0.05, 0.1) is 15.4 Å². The van der Waals surface area contributed by atoms with Crippen LogP contribution >= 0.6 is 11.3 Å². The number of hydrogen-bond donors (Lipinski definition) is 1. The van der Waals surface area contributed by atoms with E-state index < -0.39 is 0 Å². The van der Waals surface area contributed by atoms with Crippen LogP contribution < -0.4 is 0 Å². The molecule has 1 saturated heterocycles. The van der Waals surface area contributed by atoms with Gasteiger partial charge in [-0.3, -0.25) is 4.79 Å². The molecular weight excluding hydrogens is 286 g/mol. The quantitative estimate of drug-likeness (QED) is 0.851. The van der Waals surface area contributed by atoms with E-state index in [2.05, 4.69) is 11.8 Å². The van der Waals surface area contributed by atoms with E-state index in [1.54, 1.807) is 7.11 Å². The van der Waals surface area contributed by atoms with Crippen molar-refractivity contribution in [1.82, 2.24) is 4.90 Å². The molecule has 2 heterocycles. The summed E-state index contributed by atoms with van der Waals surface area (Å²) in [6.45, 7) is 5.21. The Balaban J connectivity index is 2.16. The van der Waals surface area contributed by atoms with E-state index in [0.29, 0.717) is 11.4 Å². The number of nitrogens with zero attached hydrogens (tertiary/aromatic N) is 1. The fraction of sp³-hybridized carbons (Fsp3) is 0.562. The lowest BCUT2D eigenvalue weighted by Crippen LogP contribution is -2.49. The number of amides is 1. The molecule has 0 radical (unpaired) electrons. The van der Waals surface area contributed by atoms with Crippen molar-refractivity contribution < 1.29 is 14.6 Å². The topological polar surface area (TPSA) is 49.8 Å². The monoisotopic (exact) mass is 307 g/mol. The summed E-state index contributed by atoms with van der Waals surface area (Å²) in [5.74, 6) is 5.57. The van der Waals surface area contributed by atoms with Gasteiger partial charge in [-0.1, -0.05) is 11.8 Å². The van der Waals surface area contributed by atoms with Crippen LogP contribution in [-0.2, 0) is 4.74 Å². The predicted molar refractivity (Wildman–Crippen MR) is 83.6 cm³/mol. The molecule has 0 saturated carbocycles. The lowest BCUT2D eigenvalue weighted by Gasteiger charge is -2.39. The zero-order valence-electron chi connectivity index (χ0n) is 12.7. The Morgan fingerprint density at radius 3 is 3.05 bits per heavy atom. The van der Waals surface area contributed by atoms with Gasteiger partial charge in [0.2, 0.25) is 0 Å². The zero-order chi connectivity index (χ0) is 15.5. The van der Waals surface area contributed by atoms with Gasteiger partial charge in [0.1, 0.15) is 6.61 Å². The molecular formula is C16H21NO3S. The van der Waals surface area contributed by atoms with E-state index in [1.165, 1.54) is 11.3 Å². The summed E-state index contributed by atoms with van der Waals surface area (Å²) >= 11 is 1.39. The SMILES string of the molecule is COC1(C)CCCN(C(=O)c2cc(C)c(C#CCO)s2)C1. The zero-order valence-corrected chi connectivity index (χ0v) is 13.5. The van der Waals surface area contributed by atoms with Crippen LogP contribution in [0.25, 0.3) is 0 Å². The average Bonchev–Trinajstić information content (AvgIpc) is 2.85. The molecule has 1 fully saturated rings. The minimum absolute atomic E-state index is 0.0446. The number of aliphatic hydroxyl groups excluding tert-OH is 1. The Bertz CT molecular complexity index is 584. The van der Waals surface area contributed by atoms with Crippen molar-refractivity contribution >= 4 is 17.2 Å². The summed E-state index contributed by atoms with van der Waals surface area (Å²) in [6, 6.07) is 1.88. The Labute approximate surface area is 129 Å². The first kappa shape index (κ1) is 16.0. The van der Waals surface area contributed by atoms with E-state index in [0.717, 1.165) is 29.8 Å². The van der Waals surface area contributed by atoms with Crippen LogP contribution in [0.2, 0.25) is 0 Å². The molecule has 0 bridgehead atoms. The third-order valence-corrected chi connectivity index (χ3v) is 4.99. The minimum Gasteiger partial charge on any atom is -0.384 e. The van der Waals surface area contributed by atoms with Gasteiger partial charge in [-0.05, 0) is 38.3 Å². The molecule has 1 aromatic heterocycles. The molecule has 114 valence electrons. The third-order valence-electron chi connectivity index (χ3n) is 3.85. The highest BCUT2D eigenvalue weighted by atomic mass is 32.1. The smallest absolute Gasteiger partial charge is 0.264 e. The summed E-state index contributed by atoms with van der Waals surface area (Å²) in [4.78, 5) is 16.0. The van der Waals surface area contributed by atoms with Crippen molar-refractivity contribution in [3.8, 4) is 11.8 Å². The van der Waals surface area contributed by atoms with Crippen LogP contribution in [0.15, 0.2) is 6.07 Å². The number of piperidine rings is 1. The molecule has 0 aromatic carbocycles. The van der Waals surface area contributed by atoms with E-state index in [9.17, 15) is 4.79 Å². The van der Waals surface area contributed by atoms with Gasteiger partial charge in [-0.25, -0.2) is 0 Å². The minimum atomic E-state index is -0.250. The van der Waals surface area contributed by atoms with Gasteiger partial charge in [-0.2, -0.15) is 0 Å². The van der Waals surface area contributed by atoms with Crippen LogP contribution in [0.3, 0.4) is 0 Å². The number of hydrogen-bond acceptors (Lipinski definition) is 4. The first-order valence-corrected chi connectivity index (χ1v) is 7.85. The van der Waals surface area contributed by atoms with Gasteiger partial charge in [0.15, 0.2) is 0 Å². The maximum atomic E-state index is 12.6. The maximum absolute atomic E-state index is 12.6. The fourth-order valence-corrected chi connectivity index (χ4v) is 3.55. The molecule has 1 unspecified atom stereocenters. The van der Waals surface area contributed by atoms with Crippen molar-refractivity contribution in [3.05, 3.63) is 21.4 Å². The number of thiophene rings is 1. The predicted octanol–water partition coefficient (Wildman–Crippen LogP) is 2.04. The van der Waals surface area contributed by atoms with Crippen LogP contribution in [-0.4, -0.2) is 48.3 Å². The molecule has 0 aliphatic carbocycles. The maximum Gasteiger partial charge on any atom is 0.264 e. The molecule has 1 aliphatic rings. The highest BCUT2D eigenvalue weighted by Gasteiger charge is 2.33. The number of likely N-dealkylation sites (tertiary alicyclic amines) is 1. The molecule has 1 N–H and O–H groups in total. The first-order valence-electron chi connectivity index (χ1n) is 7.04. The molecule has 4 nitrogen and oxygen atoms in total. The Morgan fingerprint density at radius 2 is 2.38 bits per heavy atom. The summed E-state index contributed by atoms with van der Waals surface area (Å²) in [7, 11) is 1.70. The van der Waals surface area contributed by atoms with Crippen LogP contribution in [0.5, 0.6) is 0 Å². The number of aliphatic hydroxyl groups is 1. The summed E-state index contributed by atoms with van der Waals surface area (Å²) in [5, 5.41) is 8.77. The second kappa shape index (κ2) is 6.61. The second-order valence-corrected chi connectivity index (χ2v) is 6.62. The summed E-state index contributed by atoms with van der Waals surface area (Å²) in [5.41, 5.74) is 0.732. The molecule has 1 amide bonds. The Hall–Kier alpha value is -1.35. The van der Waals surface area contributed by atoms with Crippen molar-refractivity contribution in [2.75, 3.05) is 26.8 Å². The highest BCUT2D eigenvalue weighted by Crippen LogP contribution is 2.28. The van der Waals surface area contributed by atoms with Gasteiger partial charge in [0, 0.05) is 20.2 Å². The summed E-state index contributed by atoms with van der Waals surface area (Å²) in [6.07, 6.45) is 1.93. The molecule has 1 atom stereocenters. The molecule has 2 rings (SSSR count). The number of carbonyl (C=O) groups is 1. The number of ether oxygens (including phenoxy) is 1. The second-order valence-electron chi connectivity index (χ2n) is 5.57. The molecule has 1 aromatic rings. The number of methoxy groups -OCH3 is 1. The Morgan fingerprint density at radius 1 is 1.62 bits per heavy atom. The van der Waals surface area contributed by atoms with E-state index in [4.69, 9.17) is 9.84 Å². The molecule has 1 aliphatic heterocycles. The van der Waals surface area contributed by atoms with Crippen molar-refractivity contribution in [3.63, 3.8) is 0 Å². The van der Waals surface area contributed by atoms with Crippen molar-refractivity contribution in [2.45, 2.75) is 32.3 Å². The fourth-order valence-electron chi connectivity index (χ4n) is 2.53. The van der Waals surface area contributed by atoms with E-state index in [-0.39, 0.29) is 18.1 Å².